The molecule has 1 saturated carbocycles. The Hall–Kier alpha value is -1.52. The quantitative estimate of drug-likeness (QED) is 0.745. The largest absolute Gasteiger partial charge is 0.370 e. The second-order valence-corrected chi connectivity index (χ2v) is 5.87. The first-order chi connectivity index (χ1) is 9.67. The zero-order valence-electron chi connectivity index (χ0n) is 12.7. The maximum atomic E-state index is 5.72. The highest BCUT2D eigenvalue weighted by molar-refractivity contribution is 5.50. The molecule has 5 heteroatoms. The molecule has 0 bridgehead atoms. The van der Waals surface area contributed by atoms with Crippen molar-refractivity contribution in [2.24, 2.45) is 11.8 Å². The monoisotopic (exact) mass is 277 g/mol. The summed E-state index contributed by atoms with van der Waals surface area (Å²) in [5, 5.41) is 6.53. The summed E-state index contributed by atoms with van der Waals surface area (Å²) in [6.07, 6.45) is 6.73. The van der Waals surface area contributed by atoms with Crippen LogP contribution in [0.25, 0.3) is 0 Å². The summed E-state index contributed by atoms with van der Waals surface area (Å²) in [6, 6.07) is 1.92. The van der Waals surface area contributed by atoms with Gasteiger partial charge >= 0.3 is 0 Å². The van der Waals surface area contributed by atoms with Crippen LogP contribution in [0.1, 0.15) is 46.0 Å². The first-order valence-corrected chi connectivity index (χ1v) is 7.79. The van der Waals surface area contributed by atoms with Crippen LogP contribution in [0.4, 0.5) is 17.6 Å². The van der Waals surface area contributed by atoms with Crippen molar-refractivity contribution in [2.45, 2.75) is 46.0 Å². The van der Waals surface area contributed by atoms with Crippen LogP contribution in [0.2, 0.25) is 0 Å². The second-order valence-electron chi connectivity index (χ2n) is 5.87. The normalized spacial score (nSPS) is 22.5. The van der Waals surface area contributed by atoms with Crippen LogP contribution in [0.3, 0.4) is 0 Å². The predicted molar refractivity (Wildman–Crippen MR) is 84.8 cm³/mol. The van der Waals surface area contributed by atoms with Gasteiger partial charge in [0.15, 0.2) is 0 Å². The molecule has 0 unspecified atom stereocenters. The minimum absolute atomic E-state index is 0.317. The van der Waals surface area contributed by atoms with E-state index < -0.39 is 0 Å². The van der Waals surface area contributed by atoms with Crippen LogP contribution in [0, 0.1) is 11.8 Å². The maximum absolute atomic E-state index is 5.72. The average molecular weight is 277 g/mol. The fraction of sp³-hybridized carbons (Fsp3) is 0.733. The van der Waals surface area contributed by atoms with Gasteiger partial charge in [-0.05, 0) is 25.2 Å². The van der Waals surface area contributed by atoms with Crippen molar-refractivity contribution >= 4 is 17.6 Å². The molecule has 112 valence electrons. The summed E-state index contributed by atoms with van der Waals surface area (Å²) in [4.78, 5) is 8.37. The Morgan fingerprint density at radius 1 is 1.15 bits per heavy atom. The number of hydrogen-bond acceptors (Lipinski definition) is 5. The number of rotatable bonds is 6. The van der Waals surface area contributed by atoms with E-state index in [2.05, 4.69) is 27.5 Å². The lowest BCUT2D eigenvalue weighted by atomic mass is 9.81. The topological polar surface area (TPSA) is 75.9 Å². The Morgan fingerprint density at radius 2 is 1.80 bits per heavy atom. The van der Waals surface area contributed by atoms with Gasteiger partial charge in [0.25, 0.3) is 0 Å². The van der Waals surface area contributed by atoms with Crippen LogP contribution >= 0.6 is 0 Å². The molecule has 4 N–H and O–H groups in total. The number of nitrogens with one attached hydrogen (secondary N) is 2. The minimum Gasteiger partial charge on any atom is -0.370 e. The van der Waals surface area contributed by atoms with E-state index in [1.807, 2.05) is 13.0 Å². The molecule has 20 heavy (non-hydrogen) atoms. The smallest absolute Gasteiger partial charge is 0.223 e. The molecule has 0 spiro atoms. The van der Waals surface area contributed by atoms with Gasteiger partial charge in [-0.1, -0.05) is 32.6 Å². The molecule has 1 aliphatic carbocycles. The Kier molecular flexibility index (Phi) is 5.44. The molecule has 1 fully saturated rings. The van der Waals surface area contributed by atoms with Crippen LogP contribution in [-0.2, 0) is 0 Å². The number of nitrogens with zero attached hydrogens (tertiary/aromatic N) is 2. The van der Waals surface area contributed by atoms with Crippen molar-refractivity contribution in [3.05, 3.63) is 6.07 Å². The standard InChI is InChI=1S/C15H27N5/c1-3-17-13-10-14(20-15(16)19-13)18-9-8-12-6-4-11(2)5-7-12/h10-12H,3-9H2,1-2H3,(H4,16,17,18,19,20). The molecule has 1 aromatic heterocycles. The first kappa shape index (κ1) is 14.9. The number of nitrogens with two attached hydrogens (primary N) is 1. The summed E-state index contributed by atoms with van der Waals surface area (Å²) >= 11 is 0. The van der Waals surface area contributed by atoms with Gasteiger partial charge in [-0.15, -0.1) is 0 Å². The highest BCUT2D eigenvalue weighted by Crippen LogP contribution is 2.30. The van der Waals surface area contributed by atoms with Crippen molar-refractivity contribution in [1.82, 2.24) is 9.97 Å². The van der Waals surface area contributed by atoms with Gasteiger partial charge in [-0.25, -0.2) is 0 Å². The number of nitrogen functional groups attached to an aromatic ring is 1. The van der Waals surface area contributed by atoms with E-state index in [1.54, 1.807) is 0 Å². The van der Waals surface area contributed by atoms with Gasteiger partial charge < -0.3 is 16.4 Å². The molecular weight excluding hydrogens is 250 g/mol. The van der Waals surface area contributed by atoms with Crippen LogP contribution < -0.4 is 16.4 Å². The predicted octanol–water partition coefficient (Wildman–Crippen LogP) is 3.12. The van der Waals surface area contributed by atoms with E-state index in [0.717, 1.165) is 36.6 Å². The summed E-state index contributed by atoms with van der Waals surface area (Å²) in [5.74, 6) is 3.71. The molecule has 0 aromatic carbocycles. The highest BCUT2D eigenvalue weighted by Gasteiger charge is 2.17. The molecule has 0 radical (unpaired) electrons. The van der Waals surface area contributed by atoms with Gasteiger partial charge in [-0.3, -0.25) is 0 Å². The highest BCUT2D eigenvalue weighted by atomic mass is 15.1. The zero-order chi connectivity index (χ0) is 14.4. The van der Waals surface area contributed by atoms with E-state index in [-0.39, 0.29) is 0 Å². The van der Waals surface area contributed by atoms with Crippen molar-refractivity contribution in [3.8, 4) is 0 Å². The molecule has 2 rings (SSSR count). The number of anilines is 3. The lowest BCUT2D eigenvalue weighted by molar-refractivity contribution is 0.282. The number of aromatic nitrogens is 2. The Morgan fingerprint density at radius 3 is 2.45 bits per heavy atom. The molecule has 0 atom stereocenters. The molecular formula is C15H27N5. The summed E-state index contributed by atoms with van der Waals surface area (Å²) in [5.41, 5.74) is 5.72. The summed E-state index contributed by atoms with van der Waals surface area (Å²) in [6.45, 7) is 6.19. The Balaban J connectivity index is 1.78. The van der Waals surface area contributed by atoms with Gasteiger partial charge in [-0.2, -0.15) is 9.97 Å². The van der Waals surface area contributed by atoms with E-state index in [4.69, 9.17) is 5.73 Å². The Labute approximate surface area is 121 Å². The third-order valence-electron chi connectivity index (χ3n) is 4.10. The average Bonchev–Trinajstić information content (AvgIpc) is 2.41. The molecule has 1 heterocycles. The summed E-state index contributed by atoms with van der Waals surface area (Å²) in [7, 11) is 0. The van der Waals surface area contributed by atoms with Crippen LogP contribution in [0.15, 0.2) is 6.07 Å². The third kappa shape index (κ3) is 4.54. The van der Waals surface area contributed by atoms with Gasteiger partial charge in [0, 0.05) is 19.2 Å². The molecule has 0 saturated heterocycles. The minimum atomic E-state index is 0.317. The Bertz CT molecular complexity index is 413. The van der Waals surface area contributed by atoms with Gasteiger partial charge in [0.2, 0.25) is 5.95 Å². The van der Waals surface area contributed by atoms with Crippen molar-refractivity contribution < 1.29 is 0 Å². The van der Waals surface area contributed by atoms with E-state index in [0.29, 0.717) is 5.95 Å². The van der Waals surface area contributed by atoms with Crippen molar-refractivity contribution in [2.75, 3.05) is 29.5 Å². The van der Waals surface area contributed by atoms with E-state index in [1.165, 1.54) is 32.1 Å². The van der Waals surface area contributed by atoms with Crippen LogP contribution in [-0.4, -0.2) is 23.1 Å². The summed E-state index contributed by atoms with van der Waals surface area (Å²) < 4.78 is 0. The van der Waals surface area contributed by atoms with E-state index in [9.17, 15) is 0 Å². The molecule has 0 amide bonds. The fourth-order valence-corrected chi connectivity index (χ4v) is 2.85. The molecule has 0 aliphatic heterocycles. The fourth-order valence-electron chi connectivity index (χ4n) is 2.85. The second kappa shape index (κ2) is 7.31. The molecule has 5 nitrogen and oxygen atoms in total. The zero-order valence-corrected chi connectivity index (χ0v) is 12.7. The van der Waals surface area contributed by atoms with Crippen LogP contribution in [0.5, 0.6) is 0 Å². The molecule has 1 aliphatic rings. The SMILES string of the molecule is CCNc1cc(NCCC2CCC(C)CC2)nc(N)n1. The molecule has 1 aromatic rings. The number of hydrogen-bond donors (Lipinski definition) is 3. The lowest BCUT2D eigenvalue weighted by Crippen LogP contribution is -2.16. The maximum Gasteiger partial charge on any atom is 0.223 e. The van der Waals surface area contributed by atoms with Crippen molar-refractivity contribution in [1.29, 1.82) is 0 Å². The lowest BCUT2D eigenvalue weighted by Gasteiger charge is -2.26. The third-order valence-corrected chi connectivity index (χ3v) is 4.10. The van der Waals surface area contributed by atoms with Crippen molar-refractivity contribution in [3.63, 3.8) is 0 Å². The van der Waals surface area contributed by atoms with Gasteiger partial charge in [0.1, 0.15) is 11.6 Å². The van der Waals surface area contributed by atoms with E-state index >= 15 is 0 Å². The van der Waals surface area contributed by atoms with Gasteiger partial charge in [0.05, 0.1) is 0 Å². The first-order valence-electron chi connectivity index (χ1n) is 7.79.